The minimum absolute atomic E-state index is 0.235. The molecule has 6 heteroatoms. The first-order valence-corrected chi connectivity index (χ1v) is 7.60. The molecule has 0 fully saturated rings. The summed E-state index contributed by atoms with van der Waals surface area (Å²) >= 11 is 1.43. The molecule has 92 valence electrons. The lowest BCUT2D eigenvalue weighted by Crippen LogP contribution is -2.24. The fourth-order valence-corrected chi connectivity index (χ4v) is 4.64. The number of benzene rings is 1. The lowest BCUT2D eigenvalue weighted by Gasteiger charge is -2.05. The van der Waals surface area contributed by atoms with Crippen LogP contribution in [0.5, 0.6) is 0 Å². The summed E-state index contributed by atoms with van der Waals surface area (Å²) in [6, 6.07) is 7.45. The summed E-state index contributed by atoms with van der Waals surface area (Å²) in [7, 11) is -3.46. The molecule has 0 radical (unpaired) electrons. The van der Waals surface area contributed by atoms with Crippen molar-refractivity contribution in [3.05, 3.63) is 29.1 Å². The van der Waals surface area contributed by atoms with Crippen LogP contribution in [0, 0.1) is 0 Å². The van der Waals surface area contributed by atoms with E-state index < -0.39 is 10.0 Å². The molecule has 1 heterocycles. The summed E-state index contributed by atoms with van der Waals surface area (Å²) in [5.74, 6) is 0. The van der Waals surface area contributed by atoms with Crippen LogP contribution in [-0.2, 0) is 16.6 Å². The molecule has 0 aliphatic rings. The molecule has 4 nitrogen and oxygen atoms in total. The molecule has 17 heavy (non-hydrogen) atoms. The second-order valence-electron chi connectivity index (χ2n) is 3.56. The first-order chi connectivity index (χ1) is 8.10. The smallest absolute Gasteiger partial charge is 0.242 e. The molecule has 2 aromatic rings. The molecule has 3 N–H and O–H groups in total. The van der Waals surface area contributed by atoms with Gasteiger partial charge >= 0.3 is 0 Å². The Morgan fingerprint density at radius 3 is 2.71 bits per heavy atom. The molecular weight excluding hydrogens is 256 g/mol. The third-order valence-corrected chi connectivity index (χ3v) is 5.40. The fourth-order valence-electron chi connectivity index (χ4n) is 1.76. The van der Waals surface area contributed by atoms with E-state index in [4.69, 9.17) is 5.73 Å². The highest BCUT2D eigenvalue weighted by atomic mass is 32.2. The highest BCUT2D eigenvalue weighted by Crippen LogP contribution is 2.34. The van der Waals surface area contributed by atoms with E-state index in [1.807, 2.05) is 24.3 Å². The standard InChI is InChI=1S/C11H14N2O2S2/c1-2-13-17(14,15)11-8-5-3-4-6-9(8)16-10(11)7-12/h3-6,13H,2,7,12H2,1H3. The van der Waals surface area contributed by atoms with Crippen molar-refractivity contribution in [2.24, 2.45) is 5.73 Å². The Balaban J connectivity index is 2.74. The van der Waals surface area contributed by atoms with Gasteiger partial charge in [0.2, 0.25) is 10.0 Å². The number of hydrogen-bond donors (Lipinski definition) is 2. The number of nitrogens with one attached hydrogen (secondary N) is 1. The maximum atomic E-state index is 12.1. The summed E-state index contributed by atoms with van der Waals surface area (Å²) in [6.45, 7) is 2.37. The van der Waals surface area contributed by atoms with Gasteiger partial charge in [0.05, 0.1) is 0 Å². The van der Waals surface area contributed by atoms with Crippen molar-refractivity contribution >= 4 is 31.4 Å². The van der Waals surface area contributed by atoms with Crippen molar-refractivity contribution in [3.8, 4) is 0 Å². The van der Waals surface area contributed by atoms with E-state index in [9.17, 15) is 8.42 Å². The summed E-state index contributed by atoms with van der Waals surface area (Å²) < 4.78 is 27.7. The zero-order valence-corrected chi connectivity index (χ0v) is 11.1. The van der Waals surface area contributed by atoms with Gasteiger partial charge in [-0.15, -0.1) is 11.3 Å². The summed E-state index contributed by atoms with van der Waals surface area (Å²) in [6.07, 6.45) is 0. The van der Waals surface area contributed by atoms with Crippen LogP contribution in [0.15, 0.2) is 29.2 Å². The van der Waals surface area contributed by atoms with Gasteiger partial charge in [-0.2, -0.15) is 0 Å². The molecule has 0 bridgehead atoms. The Morgan fingerprint density at radius 1 is 1.35 bits per heavy atom. The van der Waals surface area contributed by atoms with Crippen molar-refractivity contribution < 1.29 is 8.42 Å². The molecule has 0 saturated heterocycles. The van der Waals surface area contributed by atoms with E-state index >= 15 is 0 Å². The SMILES string of the molecule is CCNS(=O)(=O)c1c(CN)sc2ccccc12. The zero-order valence-electron chi connectivity index (χ0n) is 9.43. The van der Waals surface area contributed by atoms with Gasteiger partial charge in [-0.05, 0) is 6.07 Å². The van der Waals surface area contributed by atoms with Crippen molar-refractivity contribution in [3.63, 3.8) is 0 Å². The van der Waals surface area contributed by atoms with Crippen LogP contribution < -0.4 is 10.5 Å². The number of nitrogens with two attached hydrogens (primary N) is 1. The van der Waals surface area contributed by atoms with Crippen LogP contribution in [0.1, 0.15) is 11.8 Å². The van der Waals surface area contributed by atoms with Gasteiger partial charge in [0.15, 0.2) is 0 Å². The van der Waals surface area contributed by atoms with Crippen molar-refractivity contribution in [1.29, 1.82) is 0 Å². The molecule has 0 unspecified atom stereocenters. The highest BCUT2D eigenvalue weighted by molar-refractivity contribution is 7.90. The van der Waals surface area contributed by atoms with Gasteiger partial charge in [0, 0.05) is 28.1 Å². The average molecular weight is 270 g/mol. The second-order valence-corrected chi connectivity index (χ2v) is 6.40. The van der Waals surface area contributed by atoms with Crippen LogP contribution in [0.25, 0.3) is 10.1 Å². The quantitative estimate of drug-likeness (QED) is 0.887. The summed E-state index contributed by atoms with van der Waals surface area (Å²) in [4.78, 5) is 1.04. The number of hydrogen-bond acceptors (Lipinski definition) is 4. The highest BCUT2D eigenvalue weighted by Gasteiger charge is 2.22. The van der Waals surface area contributed by atoms with Crippen LogP contribution >= 0.6 is 11.3 Å². The fraction of sp³-hybridized carbons (Fsp3) is 0.273. The average Bonchev–Trinajstić information content (AvgIpc) is 2.67. The maximum Gasteiger partial charge on any atom is 0.242 e. The van der Waals surface area contributed by atoms with Crippen LogP contribution in [0.2, 0.25) is 0 Å². The minimum atomic E-state index is -3.46. The molecule has 0 aliphatic carbocycles. The van der Waals surface area contributed by atoms with Gasteiger partial charge in [-0.1, -0.05) is 25.1 Å². The third kappa shape index (κ3) is 2.21. The van der Waals surface area contributed by atoms with Gasteiger partial charge in [0.25, 0.3) is 0 Å². The van der Waals surface area contributed by atoms with E-state index in [1.54, 1.807) is 6.92 Å². The molecule has 0 aliphatic heterocycles. The predicted molar refractivity (Wildman–Crippen MR) is 70.6 cm³/mol. The lowest BCUT2D eigenvalue weighted by molar-refractivity contribution is 0.584. The van der Waals surface area contributed by atoms with Gasteiger partial charge < -0.3 is 5.73 Å². The molecular formula is C11H14N2O2S2. The third-order valence-electron chi connectivity index (χ3n) is 2.41. The molecule has 0 spiro atoms. The second kappa shape index (κ2) is 4.73. The largest absolute Gasteiger partial charge is 0.326 e. The lowest BCUT2D eigenvalue weighted by atomic mass is 10.2. The van der Waals surface area contributed by atoms with Gasteiger partial charge in [0.1, 0.15) is 4.90 Å². The number of fused-ring (bicyclic) bond motifs is 1. The summed E-state index contributed by atoms with van der Waals surface area (Å²) in [5, 5.41) is 0.749. The predicted octanol–water partition coefficient (Wildman–Crippen LogP) is 1.66. The monoisotopic (exact) mass is 270 g/mol. The van der Waals surface area contributed by atoms with Crippen LogP contribution in [-0.4, -0.2) is 15.0 Å². The molecule has 2 rings (SSSR count). The normalized spacial score (nSPS) is 12.1. The number of rotatable bonds is 4. The first kappa shape index (κ1) is 12.5. The molecule has 0 amide bonds. The molecule has 0 atom stereocenters. The Labute approximate surface area is 104 Å². The van der Waals surface area contributed by atoms with Crippen molar-refractivity contribution in [2.75, 3.05) is 6.54 Å². The molecule has 1 aromatic carbocycles. The van der Waals surface area contributed by atoms with E-state index in [-0.39, 0.29) is 6.54 Å². The Kier molecular flexibility index (Phi) is 3.48. The van der Waals surface area contributed by atoms with E-state index in [1.165, 1.54) is 11.3 Å². The Bertz CT molecular complexity index is 632. The minimum Gasteiger partial charge on any atom is -0.326 e. The Hall–Kier alpha value is -0.950. The Morgan fingerprint density at radius 2 is 2.06 bits per heavy atom. The van der Waals surface area contributed by atoms with E-state index in [2.05, 4.69) is 4.72 Å². The first-order valence-electron chi connectivity index (χ1n) is 5.30. The van der Waals surface area contributed by atoms with Crippen LogP contribution in [0.4, 0.5) is 0 Å². The zero-order chi connectivity index (χ0) is 12.5. The molecule has 1 aromatic heterocycles. The topological polar surface area (TPSA) is 72.2 Å². The summed E-state index contributed by atoms with van der Waals surface area (Å²) in [5.41, 5.74) is 5.63. The van der Waals surface area contributed by atoms with Gasteiger partial charge in [-0.3, -0.25) is 0 Å². The maximum absolute atomic E-state index is 12.1. The molecule has 0 saturated carbocycles. The van der Waals surface area contributed by atoms with Crippen molar-refractivity contribution in [1.82, 2.24) is 4.72 Å². The van der Waals surface area contributed by atoms with Crippen LogP contribution in [0.3, 0.4) is 0 Å². The number of sulfonamides is 1. The number of thiophene rings is 1. The van der Waals surface area contributed by atoms with Gasteiger partial charge in [-0.25, -0.2) is 13.1 Å². The van der Waals surface area contributed by atoms with E-state index in [0.717, 1.165) is 10.1 Å². The van der Waals surface area contributed by atoms with E-state index in [0.29, 0.717) is 16.3 Å². The van der Waals surface area contributed by atoms with Crippen molar-refractivity contribution in [2.45, 2.75) is 18.4 Å².